The topological polar surface area (TPSA) is 237 Å². The Kier molecular flexibility index (Phi) is 72.6. The number of carbonyl (C=O) groups excluding carboxylic acids is 4. The van der Waals surface area contributed by atoms with Gasteiger partial charge in [0.1, 0.15) is 19.3 Å². The Hall–Kier alpha value is -6.10. The fourth-order valence-electron chi connectivity index (χ4n) is 9.60. The summed E-state index contributed by atoms with van der Waals surface area (Å²) in [7, 11) is -10.0. The summed E-state index contributed by atoms with van der Waals surface area (Å²) >= 11 is 0. The second-order valence-electron chi connectivity index (χ2n) is 25.5. The van der Waals surface area contributed by atoms with Crippen LogP contribution in [0.1, 0.15) is 272 Å². The monoisotopic (exact) mass is 1520 g/mol. The molecule has 0 aliphatic carbocycles. The van der Waals surface area contributed by atoms with Crippen molar-refractivity contribution in [3.63, 3.8) is 0 Å². The number of allylic oxidation sites excluding steroid dienone is 32. The molecule has 0 radical (unpaired) electrons. The highest BCUT2D eigenvalue weighted by atomic mass is 31.2. The predicted molar refractivity (Wildman–Crippen MR) is 436 cm³/mol. The van der Waals surface area contributed by atoms with Gasteiger partial charge in [-0.15, -0.1) is 0 Å². The van der Waals surface area contributed by atoms with Gasteiger partial charge in [-0.25, -0.2) is 9.13 Å². The third-order valence-electron chi connectivity index (χ3n) is 15.5. The van der Waals surface area contributed by atoms with Gasteiger partial charge < -0.3 is 33.8 Å². The SMILES string of the molecule is CC/C=C\C/C=C\C/C=C\C/C=C\C/C=C\CCCCCC(=O)OCC(COP(=O)(O)OCC(O)COP(=O)(O)OCC(COC(=O)CCC/C=C\C/C=C\C/C=C\C/C=C\C/C=C\CC)OC(=O)CCCCCCC/C=C\CCCCCC)OC(=O)CCC/C=C\C/C=C\C/C=C\C/C=C\C/C=C\CC. The zero-order chi connectivity index (χ0) is 77.4. The van der Waals surface area contributed by atoms with E-state index in [9.17, 15) is 43.2 Å². The third-order valence-corrected chi connectivity index (χ3v) is 17.4. The summed E-state index contributed by atoms with van der Waals surface area (Å²) in [6.07, 6.45) is 94.3. The second-order valence-corrected chi connectivity index (χ2v) is 28.4. The Morgan fingerprint density at radius 1 is 0.274 bits per heavy atom. The van der Waals surface area contributed by atoms with E-state index in [2.05, 4.69) is 198 Å². The molecule has 0 rings (SSSR count). The number of aliphatic hydroxyl groups excluding tert-OH is 1. The van der Waals surface area contributed by atoms with Crippen LogP contribution in [0.2, 0.25) is 0 Å². The minimum absolute atomic E-state index is 0.000614. The molecule has 0 amide bonds. The van der Waals surface area contributed by atoms with Gasteiger partial charge in [0, 0.05) is 25.7 Å². The Morgan fingerprint density at radius 3 is 0.821 bits per heavy atom. The maximum Gasteiger partial charge on any atom is 0.472 e. The molecule has 106 heavy (non-hydrogen) atoms. The molecule has 0 aliphatic rings. The molecule has 5 atom stereocenters. The average molecular weight is 1520 g/mol. The number of ether oxygens (including phenoxy) is 4. The van der Waals surface area contributed by atoms with E-state index in [1.54, 1.807) is 0 Å². The number of esters is 4. The second kappa shape index (κ2) is 77.1. The average Bonchev–Trinajstić information content (AvgIpc) is 0.907. The molecule has 0 saturated heterocycles. The molecule has 5 unspecified atom stereocenters. The zero-order valence-electron chi connectivity index (χ0n) is 65.3. The van der Waals surface area contributed by atoms with Gasteiger partial charge in [0.15, 0.2) is 12.2 Å². The third kappa shape index (κ3) is 76.1. The molecule has 3 N–H and O–H groups in total. The lowest BCUT2D eigenvalue weighted by atomic mass is 10.1. The van der Waals surface area contributed by atoms with E-state index >= 15 is 0 Å². The molecule has 0 heterocycles. The first-order valence-electron chi connectivity index (χ1n) is 39.7. The summed E-state index contributed by atoms with van der Waals surface area (Å²) in [5.74, 6) is -2.38. The van der Waals surface area contributed by atoms with Gasteiger partial charge in [-0.3, -0.25) is 37.3 Å². The molecule has 0 bridgehead atoms. The number of carbonyl (C=O) groups is 4. The van der Waals surface area contributed by atoms with Gasteiger partial charge in [-0.1, -0.05) is 267 Å². The smallest absolute Gasteiger partial charge is 0.462 e. The van der Waals surface area contributed by atoms with Crippen LogP contribution in [0.15, 0.2) is 194 Å². The number of aliphatic hydroxyl groups is 1. The van der Waals surface area contributed by atoms with Crippen LogP contribution >= 0.6 is 15.6 Å². The van der Waals surface area contributed by atoms with E-state index in [4.69, 9.17) is 37.0 Å². The molecule has 0 aromatic heterocycles. The van der Waals surface area contributed by atoms with Gasteiger partial charge in [-0.2, -0.15) is 0 Å². The van der Waals surface area contributed by atoms with Gasteiger partial charge in [0.25, 0.3) is 0 Å². The van der Waals surface area contributed by atoms with E-state index in [0.717, 1.165) is 154 Å². The van der Waals surface area contributed by atoms with Crippen molar-refractivity contribution < 1.29 is 80.2 Å². The number of unbranched alkanes of at least 4 members (excludes halogenated alkanes) is 14. The molecule has 0 aromatic rings. The van der Waals surface area contributed by atoms with E-state index in [1.807, 2.05) is 24.3 Å². The Bertz CT molecular complexity index is 2780. The highest BCUT2D eigenvalue weighted by molar-refractivity contribution is 7.47. The van der Waals surface area contributed by atoms with E-state index < -0.39 is 97.5 Å². The maximum atomic E-state index is 13.1. The molecule has 0 aromatic carbocycles. The fraction of sp³-hybridized carbons (Fsp3) is 0.586. The zero-order valence-corrected chi connectivity index (χ0v) is 67.1. The summed E-state index contributed by atoms with van der Waals surface area (Å²) in [6, 6.07) is 0. The lowest BCUT2D eigenvalue weighted by Gasteiger charge is -2.21. The first kappa shape index (κ1) is 99.9. The number of phosphoric acid groups is 2. The van der Waals surface area contributed by atoms with Crippen LogP contribution in [-0.4, -0.2) is 96.7 Å². The van der Waals surface area contributed by atoms with Crippen molar-refractivity contribution in [1.82, 2.24) is 0 Å². The van der Waals surface area contributed by atoms with Crippen LogP contribution < -0.4 is 0 Å². The van der Waals surface area contributed by atoms with Crippen molar-refractivity contribution in [2.45, 2.75) is 290 Å². The number of hydrogen-bond donors (Lipinski definition) is 3. The summed E-state index contributed by atoms with van der Waals surface area (Å²) in [4.78, 5) is 73.0. The maximum absolute atomic E-state index is 13.1. The molecule has 17 nitrogen and oxygen atoms in total. The highest BCUT2D eigenvalue weighted by Gasteiger charge is 2.30. The van der Waals surface area contributed by atoms with Crippen molar-refractivity contribution in [1.29, 1.82) is 0 Å². The predicted octanol–water partition coefficient (Wildman–Crippen LogP) is 23.3. The lowest BCUT2D eigenvalue weighted by Crippen LogP contribution is -2.30. The minimum Gasteiger partial charge on any atom is -0.462 e. The Labute approximate surface area is 640 Å². The Morgan fingerprint density at radius 2 is 0.500 bits per heavy atom. The number of rotatable bonds is 72. The molecule has 0 saturated carbocycles. The van der Waals surface area contributed by atoms with Crippen molar-refractivity contribution in [2.75, 3.05) is 39.6 Å². The number of phosphoric ester groups is 2. The normalized spacial score (nSPS) is 14.9. The molecule has 0 aliphatic heterocycles. The number of hydrogen-bond acceptors (Lipinski definition) is 15. The van der Waals surface area contributed by atoms with Crippen LogP contribution in [0.4, 0.5) is 0 Å². The summed E-state index contributed by atoms with van der Waals surface area (Å²) in [6.45, 7) is 4.31. The summed E-state index contributed by atoms with van der Waals surface area (Å²) < 4.78 is 68.4. The molecule has 0 fully saturated rings. The van der Waals surface area contributed by atoms with Gasteiger partial charge in [0.05, 0.1) is 26.4 Å². The van der Waals surface area contributed by atoms with Crippen LogP contribution in [0.5, 0.6) is 0 Å². The first-order chi connectivity index (χ1) is 51.7. The van der Waals surface area contributed by atoms with Crippen LogP contribution in [-0.2, 0) is 65.4 Å². The summed E-state index contributed by atoms with van der Waals surface area (Å²) in [5.41, 5.74) is 0. The van der Waals surface area contributed by atoms with Gasteiger partial charge in [-0.05, 0) is 173 Å². The quantitative estimate of drug-likeness (QED) is 0.0169. The Balaban J connectivity index is 5.52. The molecular formula is C87H138O17P2. The minimum atomic E-state index is -5.02. The molecule has 598 valence electrons. The van der Waals surface area contributed by atoms with Crippen LogP contribution in [0.3, 0.4) is 0 Å². The fourth-order valence-corrected chi connectivity index (χ4v) is 11.2. The lowest BCUT2D eigenvalue weighted by molar-refractivity contribution is -0.161. The van der Waals surface area contributed by atoms with Crippen LogP contribution in [0, 0.1) is 0 Å². The van der Waals surface area contributed by atoms with E-state index in [1.165, 1.54) is 25.7 Å². The largest absolute Gasteiger partial charge is 0.472 e. The summed E-state index contributed by atoms with van der Waals surface area (Å²) in [5, 5.41) is 10.6. The molecule has 19 heteroatoms. The molecule has 0 spiro atoms. The first-order valence-corrected chi connectivity index (χ1v) is 42.7. The van der Waals surface area contributed by atoms with Crippen molar-refractivity contribution in [2.24, 2.45) is 0 Å². The van der Waals surface area contributed by atoms with E-state index in [0.29, 0.717) is 38.5 Å². The van der Waals surface area contributed by atoms with Gasteiger partial charge >= 0.3 is 39.5 Å². The standard InChI is InChI=1S/C87H138O17P2/c1-5-9-13-17-21-25-29-33-36-39-40-43-45-49-52-56-60-64-68-72-85(90)98-78-83(104-87(92)74-70-66-62-58-54-50-46-42-38-35-31-27-23-19-15-11-7-3)80-102-106(95,96)100-76-81(88)75-99-105(93,94)101-79-82(103-86(91)73-69-65-61-57-53-47-32-28-24-20-16-12-8-4)77-97-84(89)71-67-63-59-55-51-48-44-41-37-34-30-26-22-18-14-10-6-2/h9-11,13-15,21-23,25-28,32-38,40,43-44,46,48-50,52,55,58-59,62,81-83,88H,5-8,12,16-20,24,29-31,39,41-42,45,47,51,53-54,56-57,60-61,63-80H2,1-4H3,(H,93,94)(H,95,96)/b13-9-,14-10-,15-11-,25-21-,26-22-,27-23-,32-28-,36-33-,37-34-,38-35-,43-40-,48-44-,50-46-,52-49-,59-55-,62-58-. The van der Waals surface area contributed by atoms with Crippen molar-refractivity contribution in [3.05, 3.63) is 194 Å². The van der Waals surface area contributed by atoms with Gasteiger partial charge in [0.2, 0.25) is 0 Å². The molecular weight excluding hydrogens is 1380 g/mol. The van der Waals surface area contributed by atoms with Crippen molar-refractivity contribution >= 4 is 39.5 Å². The van der Waals surface area contributed by atoms with E-state index in [-0.39, 0.29) is 25.7 Å². The highest BCUT2D eigenvalue weighted by Crippen LogP contribution is 2.45. The van der Waals surface area contributed by atoms with Crippen LogP contribution in [0.25, 0.3) is 0 Å². The van der Waals surface area contributed by atoms with Crippen molar-refractivity contribution in [3.8, 4) is 0 Å².